The van der Waals surface area contributed by atoms with Crippen LogP contribution in [-0.2, 0) is 20.1 Å². The molecule has 9 aromatic carbocycles. The molecule has 12 rings (SSSR count). The van der Waals surface area contributed by atoms with Gasteiger partial charge < -0.3 is 15.0 Å². The number of rotatable bonds is 11. The summed E-state index contributed by atoms with van der Waals surface area (Å²) < 4.78 is 0. The number of benzene rings is 9. The molecule has 0 saturated heterocycles. The number of nitrogens with zero attached hydrogens (tertiary/aromatic N) is 3. The van der Waals surface area contributed by atoms with Gasteiger partial charge >= 0.3 is 20.1 Å². The molecule has 368 valence electrons. The van der Waals surface area contributed by atoms with E-state index in [-0.39, 0.29) is 20.1 Å². The van der Waals surface area contributed by atoms with Crippen LogP contribution in [0.4, 0.5) is 0 Å². The van der Waals surface area contributed by atoms with E-state index in [0.29, 0.717) is 5.56 Å². The van der Waals surface area contributed by atoms with Crippen molar-refractivity contribution < 1.29 is 24.9 Å². The van der Waals surface area contributed by atoms with Gasteiger partial charge in [0, 0.05) is 24.2 Å². The second-order valence-electron chi connectivity index (χ2n) is 17.8. The third-order valence-corrected chi connectivity index (χ3v) is 12.8. The van der Waals surface area contributed by atoms with E-state index in [1.54, 1.807) is 12.4 Å². The van der Waals surface area contributed by atoms with Crippen LogP contribution in [0.15, 0.2) is 286 Å². The van der Waals surface area contributed by atoms with Crippen molar-refractivity contribution in [2.24, 2.45) is 0 Å². The van der Waals surface area contributed by atoms with Crippen LogP contribution >= 0.6 is 0 Å². The van der Waals surface area contributed by atoms with E-state index < -0.39 is 0 Å². The van der Waals surface area contributed by atoms with Gasteiger partial charge in [0.25, 0.3) is 0 Å². The average Bonchev–Trinajstić information content (AvgIpc) is 3.52. The van der Waals surface area contributed by atoms with Gasteiger partial charge in [0.05, 0.1) is 0 Å². The number of aldehydes is 1. The molecule has 0 saturated carbocycles. The first-order chi connectivity index (χ1) is 37.6. The number of hydrogen-bond acceptors (Lipinski definition) is 4. The molecule has 3 aromatic heterocycles. The summed E-state index contributed by atoms with van der Waals surface area (Å²) in [5.74, 6) is 0. The summed E-state index contributed by atoms with van der Waals surface area (Å²) in [6, 6.07) is 98.2. The Balaban J connectivity index is 0.000000153. The second kappa shape index (κ2) is 26.1. The Labute approximate surface area is 465 Å². The SMILES string of the molecule is C=Cc1ccc(-c2cccc(-c3cccc(-c4cc[c-]c(-c5ccccn5)c4)c3)c2)cc1.O=Cc1ccc(-c2cccc(-c3cccc(-c4cc[c-]c(-c5ccccn5)c4)c3)c2)cc1.[Ir+3].[c-]1ccccc1-c1ccccn1. The van der Waals surface area contributed by atoms with E-state index in [1.165, 1.54) is 27.8 Å². The summed E-state index contributed by atoms with van der Waals surface area (Å²) in [5.41, 5.74) is 21.6. The van der Waals surface area contributed by atoms with Gasteiger partial charge in [0.1, 0.15) is 6.29 Å². The first-order valence-corrected chi connectivity index (χ1v) is 25.0. The zero-order chi connectivity index (χ0) is 51.7. The topological polar surface area (TPSA) is 55.7 Å². The van der Waals surface area contributed by atoms with Crippen molar-refractivity contribution in [3.63, 3.8) is 0 Å². The molecule has 0 aliphatic heterocycles. The molecule has 0 aliphatic rings. The minimum absolute atomic E-state index is 0. The Hall–Kier alpha value is -9.51. The molecule has 5 heteroatoms. The van der Waals surface area contributed by atoms with Crippen molar-refractivity contribution in [1.29, 1.82) is 0 Å². The molecule has 0 atom stereocenters. The van der Waals surface area contributed by atoms with E-state index in [4.69, 9.17) is 0 Å². The van der Waals surface area contributed by atoms with Gasteiger partial charge in [-0.25, -0.2) is 0 Å². The second-order valence-corrected chi connectivity index (χ2v) is 17.8. The van der Waals surface area contributed by atoms with Gasteiger partial charge in [-0.3, -0.25) is 4.79 Å². The van der Waals surface area contributed by atoms with Gasteiger partial charge in [0.2, 0.25) is 0 Å². The Kier molecular flexibility index (Phi) is 17.8. The summed E-state index contributed by atoms with van der Waals surface area (Å²) in [4.78, 5) is 24.1. The molecule has 0 N–H and O–H groups in total. The molecular formula is C72H50IrN3O. The van der Waals surface area contributed by atoms with Crippen molar-refractivity contribution in [1.82, 2.24) is 15.0 Å². The number of pyridine rings is 3. The monoisotopic (exact) mass is 1170 g/mol. The molecule has 0 aliphatic carbocycles. The molecule has 0 bridgehead atoms. The van der Waals surface area contributed by atoms with E-state index in [9.17, 15) is 4.79 Å². The molecule has 3 heterocycles. The Bertz CT molecular complexity index is 3570. The van der Waals surface area contributed by atoms with Crippen LogP contribution in [0.5, 0.6) is 0 Å². The molecule has 4 nitrogen and oxygen atoms in total. The maximum atomic E-state index is 10.9. The fourth-order valence-electron chi connectivity index (χ4n) is 8.79. The van der Waals surface area contributed by atoms with E-state index >= 15 is 0 Å². The first kappa shape index (κ1) is 52.4. The summed E-state index contributed by atoms with van der Waals surface area (Å²) in [6.07, 6.45) is 8.14. The van der Waals surface area contributed by atoms with Gasteiger partial charge in [-0.05, 0) is 121 Å². The summed E-state index contributed by atoms with van der Waals surface area (Å²) in [6.45, 7) is 3.84. The molecule has 0 amide bonds. The molecular weight excluding hydrogens is 1120 g/mol. The third-order valence-electron chi connectivity index (χ3n) is 12.8. The summed E-state index contributed by atoms with van der Waals surface area (Å²) in [7, 11) is 0. The molecule has 0 radical (unpaired) electrons. The van der Waals surface area contributed by atoms with Crippen molar-refractivity contribution in [2.75, 3.05) is 0 Å². The van der Waals surface area contributed by atoms with E-state index in [0.717, 1.165) is 84.6 Å². The van der Waals surface area contributed by atoms with Crippen molar-refractivity contribution in [3.8, 4) is 101 Å². The smallest absolute Gasteiger partial charge is 0.305 e. The van der Waals surface area contributed by atoms with Crippen LogP contribution in [0.1, 0.15) is 15.9 Å². The van der Waals surface area contributed by atoms with Gasteiger partial charge in [-0.2, -0.15) is 0 Å². The zero-order valence-corrected chi connectivity index (χ0v) is 44.4. The number of hydrogen-bond donors (Lipinski definition) is 0. The summed E-state index contributed by atoms with van der Waals surface area (Å²) >= 11 is 0. The van der Waals surface area contributed by atoms with Gasteiger partial charge in [0.15, 0.2) is 0 Å². The Morgan fingerprint density at radius 3 is 0.974 bits per heavy atom. The average molecular weight is 1170 g/mol. The molecule has 0 spiro atoms. The van der Waals surface area contributed by atoms with Crippen LogP contribution in [0.3, 0.4) is 0 Å². The van der Waals surface area contributed by atoms with Crippen molar-refractivity contribution >= 4 is 12.4 Å². The van der Waals surface area contributed by atoms with Crippen LogP contribution in [0.2, 0.25) is 0 Å². The maximum Gasteiger partial charge on any atom is 3.00 e. The molecule has 77 heavy (non-hydrogen) atoms. The predicted molar refractivity (Wildman–Crippen MR) is 314 cm³/mol. The Morgan fingerprint density at radius 1 is 0.299 bits per heavy atom. The van der Waals surface area contributed by atoms with Crippen LogP contribution in [-0.4, -0.2) is 21.2 Å². The quantitative estimate of drug-likeness (QED) is 0.0957. The van der Waals surface area contributed by atoms with Crippen LogP contribution < -0.4 is 0 Å². The van der Waals surface area contributed by atoms with Crippen LogP contribution in [0, 0.1) is 18.2 Å². The van der Waals surface area contributed by atoms with Gasteiger partial charge in [-0.15, -0.1) is 107 Å². The number of carbonyl (C=O) groups excluding carboxylic acids is 1. The third kappa shape index (κ3) is 13.6. The first-order valence-electron chi connectivity index (χ1n) is 25.0. The Morgan fingerprint density at radius 2 is 0.636 bits per heavy atom. The standard InChI is InChI=1S/C31H22N.C30H20NO.C11H8N.Ir/c1-2-23-15-17-24(18-16-23)25-8-5-9-26(20-25)27-10-6-11-28(21-27)29-12-7-13-30(22-29)31-14-3-4-19-32-31;32-21-22-13-15-23(16-14-22)24-6-3-7-25(18-24)26-8-4-9-27(19-26)28-10-5-11-29(20-28)30-12-1-2-17-31-30;1-2-6-10(7-3-1)11-8-4-5-9-12-11;/h2-12,14-22H,1H2;1-10,12-21H;1-6,8-9H;/q3*-1;+3. The van der Waals surface area contributed by atoms with Crippen molar-refractivity contribution in [2.45, 2.75) is 0 Å². The zero-order valence-electron chi connectivity index (χ0n) is 42.0. The predicted octanol–water partition coefficient (Wildman–Crippen LogP) is 18.1. The minimum Gasteiger partial charge on any atom is -0.305 e. The number of aromatic nitrogens is 3. The van der Waals surface area contributed by atoms with Crippen LogP contribution in [0.25, 0.3) is 107 Å². The molecule has 0 unspecified atom stereocenters. The fourth-order valence-corrected chi connectivity index (χ4v) is 8.79. The molecule has 0 fully saturated rings. The van der Waals surface area contributed by atoms with Gasteiger partial charge in [-0.1, -0.05) is 170 Å². The van der Waals surface area contributed by atoms with Crippen molar-refractivity contribution in [3.05, 3.63) is 315 Å². The molecule has 12 aromatic rings. The fraction of sp³-hybridized carbons (Fsp3) is 0. The minimum atomic E-state index is 0. The van der Waals surface area contributed by atoms with E-state index in [2.05, 4.69) is 185 Å². The summed E-state index contributed by atoms with van der Waals surface area (Å²) in [5, 5.41) is 0. The normalized spacial score (nSPS) is 10.3. The maximum absolute atomic E-state index is 10.9. The van der Waals surface area contributed by atoms with E-state index in [1.807, 2.05) is 128 Å². The number of carbonyl (C=O) groups is 1. The largest absolute Gasteiger partial charge is 3.00 e.